The van der Waals surface area contributed by atoms with Gasteiger partial charge in [-0.15, -0.1) is 0 Å². The molecule has 0 atom stereocenters. The highest BCUT2D eigenvalue weighted by atomic mass is 32.2. The van der Waals surface area contributed by atoms with E-state index in [2.05, 4.69) is 0 Å². The number of rotatable bonds is 8. The standard InChI is InChI=1S/C26H18O9S2/c27-25(28)17-1-9-21(10-2-17)36(31,32)23-13-5-19(6-14-23)35-20-7-15-24(16-8-20)37(33,34)22-11-3-18(4-12-22)26(29)30/h1-16H,(H,27,28)(H,29,30). The summed E-state index contributed by atoms with van der Waals surface area (Å²) in [5.41, 5.74) is -0.0600. The molecule has 37 heavy (non-hydrogen) atoms. The molecule has 4 rings (SSSR count). The number of hydrogen-bond acceptors (Lipinski definition) is 7. The van der Waals surface area contributed by atoms with Crippen LogP contribution in [0.3, 0.4) is 0 Å². The molecule has 0 saturated carbocycles. The summed E-state index contributed by atoms with van der Waals surface area (Å²) in [4.78, 5) is 21.8. The van der Waals surface area contributed by atoms with Crippen LogP contribution in [0.1, 0.15) is 20.7 Å². The van der Waals surface area contributed by atoms with Crippen LogP contribution in [-0.4, -0.2) is 39.0 Å². The van der Waals surface area contributed by atoms with E-state index in [4.69, 9.17) is 14.9 Å². The Hall–Kier alpha value is -4.48. The predicted octanol–water partition coefficient (Wildman–Crippen LogP) is 4.54. The smallest absolute Gasteiger partial charge is 0.335 e. The summed E-state index contributed by atoms with van der Waals surface area (Å²) in [5, 5.41) is 17.9. The van der Waals surface area contributed by atoms with Crippen LogP contribution in [0, 0.1) is 0 Å². The Morgan fingerprint density at radius 2 is 0.703 bits per heavy atom. The van der Waals surface area contributed by atoms with Crippen molar-refractivity contribution in [3.63, 3.8) is 0 Å². The fourth-order valence-electron chi connectivity index (χ4n) is 3.34. The van der Waals surface area contributed by atoms with E-state index in [9.17, 15) is 26.4 Å². The molecule has 11 heteroatoms. The first-order valence-electron chi connectivity index (χ1n) is 10.5. The maximum atomic E-state index is 12.8. The number of hydrogen-bond donors (Lipinski definition) is 2. The van der Waals surface area contributed by atoms with Crippen LogP contribution in [-0.2, 0) is 19.7 Å². The average Bonchev–Trinajstić information content (AvgIpc) is 2.89. The van der Waals surface area contributed by atoms with Gasteiger partial charge in [-0.2, -0.15) is 0 Å². The monoisotopic (exact) mass is 538 g/mol. The molecule has 4 aromatic rings. The van der Waals surface area contributed by atoms with Crippen LogP contribution in [0.4, 0.5) is 0 Å². The van der Waals surface area contributed by atoms with Crippen molar-refractivity contribution in [3.8, 4) is 11.5 Å². The maximum absolute atomic E-state index is 12.8. The summed E-state index contributed by atoms with van der Waals surface area (Å²) in [5.74, 6) is -1.71. The number of sulfone groups is 2. The Kier molecular flexibility index (Phi) is 6.84. The Balaban J connectivity index is 1.49. The van der Waals surface area contributed by atoms with Gasteiger partial charge in [-0.25, -0.2) is 26.4 Å². The number of benzene rings is 4. The van der Waals surface area contributed by atoms with E-state index in [1.165, 1.54) is 97.1 Å². The molecule has 4 aromatic carbocycles. The fraction of sp³-hybridized carbons (Fsp3) is 0. The van der Waals surface area contributed by atoms with Gasteiger partial charge in [0.2, 0.25) is 19.7 Å². The minimum atomic E-state index is -3.87. The van der Waals surface area contributed by atoms with E-state index in [1.54, 1.807) is 0 Å². The zero-order valence-corrected chi connectivity index (χ0v) is 20.4. The molecule has 2 N–H and O–H groups in total. The van der Waals surface area contributed by atoms with Crippen molar-refractivity contribution in [1.82, 2.24) is 0 Å². The largest absolute Gasteiger partial charge is 0.478 e. The molecule has 0 aliphatic carbocycles. The summed E-state index contributed by atoms with van der Waals surface area (Å²) >= 11 is 0. The van der Waals surface area contributed by atoms with Gasteiger partial charge >= 0.3 is 11.9 Å². The van der Waals surface area contributed by atoms with Crippen molar-refractivity contribution >= 4 is 31.6 Å². The van der Waals surface area contributed by atoms with Crippen molar-refractivity contribution in [2.24, 2.45) is 0 Å². The lowest BCUT2D eigenvalue weighted by Crippen LogP contribution is -2.03. The lowest BCUT2D eigenvalue weighted by molar-refractivity contribution is 0.0686. The number of carboxylic acid groups (broad SMARTS) is 2. The molecule has 0 aliphatic rings. The maximum Gasteiger partial charge on any atom is 0.335 e. The minimum Gasteiger partial charge on any atom is -0.478 e. The second kappa shape index (κ2) is 9.88. The molecule has 188 valence electrons. The summed E-state index contributed by atoms with van der Waals surface area (Å²) < 4.78 is 56.9. The van der Waals surface area contributed by atoms with E-state index < -0.39 is 31.6 Å². The lowest BCUT2D eigenvalue weighted by atomic mass is 10.2. The van der Waals surface area contributed by atoms with Crippen LogP contribution in [0.2, 0.25) is 0 Å². The molecule has 0 saturated heterocycles. The molecule has 0 spiro atoms. The number of carbonyl (C=O) groups is 2. The first kappa shape index (κ1) is 25.6. The van der Waals surface area contributed by atoms with Crippen LogP contribution in [0.25, 0.3) is 0 Å². The van der Waals surface area contributed by atoms with E-state index in [-0.39, 0.29) is 30.7 Å². The SMILES string of the molecule is O=C(O)c1ccc(S(=O)(=O)c2ccc(Oc3ccc(S(=O)(=O)c4ccc(C(=O)O)cc4)cc3)cc2)cc1. The predicted molar refractivity (Wildman–Crippen MR) is 131 cm³/mol. The zero-order valence-electron chi connectivity index (χ0n) is 18.8. The molecule has 0 aromatic heterocycles. The quantitative estimate of drug-likeness (QED) is 0.329. The molecule has 0 heterocycles. The molecule has 0 radical (unpaired) electrons. The van der Waals surface area contributed by atoms with Crippen molar-refractivity contribution in [3.05, 3.63) is 108 Å². The van der Waals surface area contributed by atoms with Crippen molar-refractivity contribution in [2.75, 3.05) is 0 Å². The highest BCUT2D eigenvalue weighted by molar-refractivity contribution is 7.91. The van der Waals surface area contributed by atoms with Gasteiger partial charge in [0, 0.05) is 0 Å². The molecule has 0 unspecified atom stereocenters. The first-order chi connectivity index (χ1) is 17.5. The molecule has 0 amide bonds. The average molecular weight is 539 g/mol. The van der Waals surface area contributed by atoms with Crippen LogP contribution in [0.5, 0.6) is 11.5 Å². The van der Waals surface area contributed by atoms with Gasteiger partial charge in [0.15, 0.2) is 0 Å². The third kappa shape index (κ3) is 5.37. The number of aromatic carboxylic acids is 2. The van der Waals surface area contributed by atoms with Crippen molar-refractivity contribution < 1.29 is 41.4 Å². The molecular formula is C26H18O9S2. The lowest BCUT2D eigenvalue weighted by Gasteiger charge is -2.09. The molecule has 0 fully saturated rings. The van der Waals surface area contributed by atoms with Gasteiger partial charge in [-0.1, -0.05) is 0 Å². The Bertz CT molecular complexity index is 1540. The zero-order chi connectivity index (χ0) is 26.8. The highest BCUT2D eigenvalue weighted by Gasteiger charge is 2.20. The topological polar surface area (TPSA) is 152 Å². The third-order valence-electron chi connectivity index (χ3n) is 5.33. The molecule has 0 aliphatic heterocycles. The fourth-order valence-corrected chi connectivity index (χ4v) is 5.86. The third-order valence-corrected chi connectivity index (χ3v) is 8.90. The number of carboxylic acids is 2. The Morgan fingerprint density at radius 1 is 0.459 bits per heavy atom. The first-order valence-corrected chi connectivity index (χ1v) is 13.5. The van der Waals surface area contributed by atoms with Gasteiger partial charge in [0.1, 0.15) is 11.5 Å². The van der Waals surface area contributed by atoms with E-state index in [0.29, 0.717) is 11.5 Å². The van der Waals surface area contributed by atoms with E-state index >= 15 is 0 Å². The second-order valence-electron chi connectivity index (χ2n) is 7.71. The second-order valence-corrected chi connectivity index (χ2v) is 11.6. The van der Waals surface area contributed by atoms with Gasteiger partial charge in [-0.3, -0.25) is 0 Å². The normalized spacial score (nSPS) is 11.6. The van der Waals surface area contributed by atoms with Gasteiger partial charge in [0.25, 0.3) is 0 Å². The van der Waals surface area contributed by atoms with Gasteiger partial charge in [-0.05, 0) is 97.1 Å². The molecular weight excluding hydrogens is 520 g/mol. The van der Waals surface area contributed by atoms with E-state index in [0.717, 1.165) is 0 Å². The Morgan fingerprint density at radius 3 is 0.946 bits per heavy atom. The summed E-state index contributed by atoms with van der Waals surface area (Å²) in [6.45, 7) is 0. The summed E-state index contributed by atoms with van der Waals surface area (Å²) in [6.07, 6.45) is 0. The van der Waals surface area contributed by atoms with Crippen molar-refractivity contribution in [2.45, 2.75) is 19.6 Å². The van der Waals surface area contributed by atoms with Crippen LogP contribution in [0.15, 0.2) is 117 Å². The highest BCUT2D eigenvalue weighted by Crippen LogP contribution is 2.28. The molecule has 0 bridgehead atoms. The van der Waals surface area contributed by atoms with E-state index in [1.807, 2.05) is 0 Å². The molecule has 9 nitrogen and oxygen atoms in total. The van der Waals surface area contributed by atoms with Crippen molar-refractivity contribution in [1.29, 1.82) is 0 Å². The van der Waals surface area contributed by atoms with Gasteiger partial charge in [0.05, 0.1) is 30.7 Å². The van der Waals surface area contributed by atoms with Crippen LogP contribution < -0.4 is 4.74 Å². The minimum absolute atomic E-state index is 0.0155. The summed E-state index contributed by atoms with van der Waals surface area (Å²) in [6, 6.07) is 20.8. The number of ether oxygens (including phenoxy) is 1. The Labute approximate surface area is 212 Å². The van der Waals surface area contributed by atoms with Gasteiger partial charge < -0.3 is 14.9 Å². The summed E-state index contributed by atoms with van der Waals surface area (Å²) in [7, 11) is -7.75. The van der Waals surface area contributed by atoms with Crippen LogP contribution >= 0.6 is 0 Å².